The molecule has 14 heavy (non-hydrogen) atoms. The molecule has 0 aromatic heterocycles. The topological polar surface area (TPSA) is 23.8 Å². The van der Waals surface area contributed by atoms with Crippen LogP contribution in [0.15, 0.2) is 18.2 Å². The highest BCUT2D eigenvalue weighted by Crippen LogP contribution is 2.44. The van der Waals surface area contributed by atoms with Gasteiger partial charge in [-0.3, -0.25) is 0 Å². The van der Waals surface area contributed by atoms with Crippen molar-refractivity contribution in [1.82, 2.24) is 0 Å². The average molecular weight is 189 g/mol. The molecule has 0 bridgehead atoms. The molecule has 0 N–H and O–H groups in total. The van der Waals surface area contributed by atoms with Crippen molar-refractivity contribution in [2.45, 2.75) is 31.6 Å². The van der Waals surface area contributed by atoms with Gasteiger partial charge in [-0.15, -0.1) is 0 Å². The average Bonchev–Trinajstić information content (AvgIpc) is 2.10. The number of hydrogen-bond acceptors (Lipinski definition) is 1. The highest BCUT2D eigenvalue weighted by atomic mass is 19.1. The number of halogens is 1. The first kappa shape index (κ1) is 9.21. The van der Waals surface area contributed by atoms with E-state index in [-0.39, 0.29) is 5.82 Å². The zero-order valence-electron chi connectivity index (χ0n) is 8.18. The van der Waals surface area contributed by atoms with E-state index >= 15 is 0 Å². The zero-order chi connectivity index (χ0) is 10.2. The molecule has 0 radical (unpaired) electrons. The van der Waals surface area contributed by atoms with Crippen LogP contribution in [0.2, 0.25) is 0 Å². The third-order valence-electron chi connectivity index (χ3n) is 3.06. The Hall–Kier alpha value is -1.36. The summed E-state index contributed by atoms with van der Waals surface area (Å²) in [5.74, 6) is -0.239. The van der Waals surface area contributed by atoms with Gasteiger partial charge >= 0.3 is 0 Å². The Bertz CT molecular complexity index is 399. The van der Waals surface area contributed by atoms with Gasteiger partial charge in [0.2, 0.25) is 0 Å². The van der Waals surface area contributed by atoms with Gasteiger partial charge in [0.1, 0.15) is 5.82 Å². The van der Waals surface area contributed by atoms with Crippen molar-refractivity contribution in [2.24, 2.45) is 0 Å². The molecule has 1 saturated carbocycles. The minimum absolute atomic E-state index is 0.239. The zero-order valence-corrected chi connectivity index (χ0v) is 8.18. The van der Waals surface area contributed by atoms with Gasteiger partial charge < -0.3 is 0 Å². The highest BCUT2D eigenvalue weighted by molar-refractivity contribution is 5.38. The SMILES string of the molecule is Cc1ccc(F)c(C2(C#N)CCC2)c1. The van der Waals surface area contributed by atoms with E-state index in [4.69, 9.17) is 5.26 Å². The summed E-state index contributed by atoms with van der Waals surface area (Å²) in [5.41, 5.74) is 1.07. The lowest BCUT2D eigenvalue weighted by Gasteiger charge is -2.35. The van der Waals surface area contributed by atoms with Crippen molar-refractivity contribution >= 4 is 0 Å². The van der Waals surface area contributed by atoms with Crippen LogP contribution in [0.25, 0.3) is 0 Å². The first-order valence-electron chi connectivity index (χ1n) is 4.86. The maximum atomic E-state index is 13.5. The van der Waals surface area contributed by atoms with E-state index in [1.54, 1.807) is 12.1 Å². The Kier molecular flexibility index (Phi) is 2.03. The summed E-state index contributed by atoms with van der Waals surface area (Å²) in [7, 11) is 0. The molecule has 0 saturated heterocycles. The lowest BCUT2D eigenvalue weighted by molar-refractivity contribution is 0.313. The normalized spacial score (nSPS) is 18.4. The quantitative estimate of drug-likeness (QED) is 0.666. The molecule has 1 aliphatic carbocycles. The smallest absolute Gasteiger partial charge is 0.128 e. The summed E-state index contributed by atoms with van der Waals surface area (Å²) in [6, 6.07) is 7.26. The molecule has 72 valence electrons. The Balaban J connectivity index is 2.50. The molecule has 0 amide bonds. The fraction of sp³-hybridized carbons (Fsp3) is 0.417. The summed E-state index contributed by atoms with van der Waals surface area (Å²) in [5, 5.41) is 9.09. The molecule has 1 aromatic carbocycles. The van der Waals surface area contributed by atoms with E-state index in [1.165, 1.54) is 6.07 Å². The van der Waals surface area contributed by atoms with Crippen molar-refractivity contribution in [3.8, 4) is 6.07 Å². The molecular weight excluding hydrogens is 177 g/mol. The highest BCUT2D eigenvalue weighted by Gasteiger charge is 2.40. The summed E-state index contributed by atoms with van der Waals surface area (Å²) in [6.07, 6.45) is 2.62. The Morgan fingerprint density at radius 3 is 2.64 bits per heavy atom. The third-order valence-corrected chi connectivity index (χ3v) is 3.06. The van der Waals surface area contributed by atoms with Crippen LogP contribution in [0.3, 0.4) is 0 Å². The number of nitrogens with zero attached hydrogens (tertiary/aromatic N) is 1. The number of aryl methyl sites for hydroxylation is 1. The van der Waals surface area contributed by atoms with E-state index in [2.05, 4.69) is 6.07 Å². The monoisotopic (exact) mass is 189 g/mol. The lowest BCUT2D eigenvalue weighted by Crippen LogP contribution is -2.33. The molecule has 1 aromatic rings. The van der Waals surface area contributed by atoms with Crippen LogP contribution in [0, 0.1) is 24.1 Å². The van der Waals surface area contributed by atoms with Gasteiger partial charge in [0, 0.05) is 5.56 Å². The number of rotatable bonds is 1. The van der Waals surface area contributed by atoms with Gasteiger partial charge in [-0.05, 0) is 32.3 Å². The van der Waals surface area contributed by atoms with Crippen molar-refractivity contribution in [1.29, 1.82) is 5.26 Å². The molecule has 2 heteroatoms. The molecule has 0 spiro atoms. The second-order valence-electron chi connectivity index (χ2n) is 4.03. The van der Waals surface area contributed by atoms with E-state index in [1.807, 2.05) is 6.92 Å². The molecular formula is C12H12FN. The van der Waals surface area contributed by atoms with Crippen LogP contribution in [0.1, 0.15) is 30.4 Å². The van der Waals surface area contributed by atoms with Crippen LogP contribution in [0.4, 0.5) is 4.39 Å². The fourth-order valence-electron chi connectivity index (χ4n) is 1.98. The lowest BCUT2D eigenvalue weighted by atomic mass is 9.65. The molecule has 0 atom stereocenters. The summed E-state index contributed by atoms with van der Waals surface area (Å²) in [6.45, 7) is 1.92. The largest absolute Gasteiger partial charge is 0.207 e. The second-order valence-corrected chi connectivity index (χ2v) is 4.03. The Morgan fingerprint density at radius 1 is 1.43 bits per heavy atom. The summed E-state index contributed by atoms with van der Waals surface area (Å²) < 4.78 is 13.5. The molecule has 1 aliphatic rings. The molecule has 0 unspecified atom stereocenters. The van der Waals surface area contributed by atoms with Gasteiger partial charge in [0.05, 0.1) is 11.5 Å². The number of benzene rings is 1. The predicted octanol–water partition coefficient (Wildman–Crippen LogP) is 3.08. The number of hydrogen-bond donors (Lipinski definition) is 0. The van der Waals surface area contributed by atoms with Crippen LogP contribution in [-0.2, 0) is 5.41 Å². The van der Waals surface area contributed by atoms with Crippen LogP contribution in [-0.4, -0.2) is 0 Å². The Labute approximate surface area is 83.2 Å². The van der Waals surface area contributed by atoms with Crippen LogP contribution >= 0.6 is 0 Å². The second kappa shape index (κ2) is 3.09. The van der Waals surface area contributed by atoms with Gasteiger partial charge in [0.25, 0.3) is 0 Å². The summed E-state index contributed by atoms with van der Waals surface area (Å²) in [4.78, 5) is 0. The third kappa shape index (κ3) is 1.21. The molecule has 0 aliphatic heterocycles. The van der Waals surface area contributed by atoms with E-state index in [0.29, 0.717) is 5.56 Å². The maximum Gasteiger partial charge on any atom is 0.128 e. The minimum Gasteiger partial charge on any atom is -0.207 e. The molecule has 0 heterocycles. The van der Waals surface area contributed by atoms with Gasteiger partial charge in [0.15, 0.2) is 0 Å². The van der Waals surface area contributed by atoms with Gasteiger partial charge in [-0.25, -0.2) is 4.39 Å². The standard InChI is InChI=1S/C12H12FN/c1-9-3-4-11(13)10(7-9)12(8-14)5-2-6-12/h3-4,7H,2,5-6H2,1H3. The maximum absolute atomic E-state index is 13.5. The summed E-state index contributed by atoms with van der Waals surface area (Å²) >= 11 is 0. The van der Waals surface area contributed by atoms with Crippen molar-refractivity contribution in [3.63, 3.8) is 0 Å². The fourth-order valence-corrected chi connectivity index (χ4v) is 1.98. The van der Waals surface area contributed by atoms with Gasteiger partial charge in [-0.2, -0.15) is 5.26 Å². The van der Waals surface area contributed by atoms with E-state index in [0.717, 1.165) is 24.8 Å². The van der Waals surface area contributed by atoms with Crippen molar-refractivity contribution < 1.29 is 4.39 Å². The van der Waals surface area contributed by atoms with Crippen molar-refractivity contribution in [2.75, 3.05) is 0 Å². The predicted molar refractivity (Wildman–Crippen MR) is 52.3 cm³/mol. The number of nitriles is 1. The molecule has 1 nitrogen and oxygen atoms in total. The molecule has 2 rings (SSSR count). The van der Waals surface area contributed by atoms with Crippen molar-refractivity contribution in [3.05, 3.63) is 35.1 Å². The minimum atomic E-state index is -0.532. The van der Waals surface area contributed by atoms with Gasteiger partial charge in [-0.1, -0.05) is 17.7 Å². The first-order chi connectivity index (χ1) is 6.68. The first-order valence-corrected chi connectivity index (χ1v) is 4.86. The molecule has 1 fully saturated rings. The van der Waals surface area contributed by atoms with Crippen LogP contribution in [0.5, 0.6) is 0 Å². The van der Waals surface area contributed by atoms with E-state index in [9.17, 15) is 4.39 Å². The van der Waals surface area contributed by atoms with E-state index < -0.39 is 5.41 Å². The Morgan fingerprint density at radius 2 is 2.14 bits per heavy atom. The van der Waals surface area contributed by atoms with Crippen LogP contribution < -0.4 is 0 Å².